The third-order valence-corrected chi connectivity index (χ3v) is 6.11. The first-order valence-corrected chi connectivity index (χ1v) is 12.3. The number of para-hydroxylation sites is 1. The van der Waals surface area contributed by atoms with E-state index in [0.29, 0.717) is 6.61 Å². The molecule has 0 radical (unpaired) electrons. The summed E-state index contributed by atoms with van der Waals surface area (Å²) >= 11 is 0. The molecule has 1 aromatic carbocycles. The minimum absolute atomic E-state index is 0.0807. The number of aromatic nitrogens is 2. The van der Waals surface area contributed by atoms with Gasteiger partial charge in [-0.2, -0.15) is 0 Å². The maximum absolute atomic E-state index is 6.35. The molecule has 5 heteroatoms. The van der Waals surface area contributed by atoms with Crippen LogP contribution in [0.2, 0.25) is 0 Å². The van der Waals surface area contributed by atoms with Gasteiger partial charge in [0.1, 0.15) is 12.4 Å². The van der Waals surface area contributed by atoms with Gasteiger partial charge in [-0.15, -0.1) is 0 Å². The molecule has 0 amide bonds. The number of ether oxygens (including phenoxy) is 1. The van der Waals surface area contributed by atoms with Crippen molar-refractivity contribution in [2.24, 2.45) is 12.5 Å². The third kappa shape index (κ3) is 6.08. The molecule has 0 saturated heterocycles. The Hall–Kier alpha value is -2.53. The second kappa shape index (κ2) is 10.2. The van der Waals surface area contributed by atoms with Crippen molar-refractivity contribution in [3.05, 3.63) is 48.7 Å². The van der Waals surface area contributed by atoms with Crippen LogP contribution >= 0.6 is 0 Å². The molecule has 3 aromatic rings. The number of benzene rings is 1. The average Bonchev–Trinajstić information content (AvgIpc) is 3.01. The van der Waals surface area contributed by atoms with Gasteiger partial charge in [0.25, 0.3) is 5.82 Å². The molecule has 2 heterocycles. The van der Waals surface area contributed by atoms with Crippen molar-refractivity contribution < 1.29 is 9.14 Å². The molecule has 0 spiro atoms. The third-order valence-electron chi connectivity index (χ3n) is 6.11. The van der Waals surface area contributed by atoms with Crippen molar-refractivity contribution in [1.29, 1.82) is 0 Å². The molecule has 0 saturated carbocycles. The summed E-state index contributed by atoms with van der Waals surface area (Å²) in [4.78, 5) is 2.39. The van der Waals surface area contributed by atoms with Crippen LogP contribution < -0.4 is 14.5 Å². The van der Waals surface area contributed by atoms with Crippen LogP contribution in [0.5, 0.6) is 5.75 Å². The normalized spacial score (nSPS) is 12.5. The van der Waals surface area contributed by atoms with Crippen LogP contribution in [0.4, 0.5) is 5.82 Å². The van der Waals surface area contributed by atoms with Crippen LogP contribution in [0.1, 0.15) is 54.9 Å². The van der Waals surface area contributed by atoms with Crippen molar-refractivity contribution in [1.82, 2.24) is 9.47 Å². The van der Waals surface area contributed by atoms with Crippen LogP contribution in [-0.2, 0) is 7.05 Å². The summed E-state index contributed by atoms with van der Waals surface area (Å²) in [6.45, 7) is 19.5. The Labute approximate surface area is 200 Å². The smallest absolute Gasteiger partial charge is 0.267 e. The SMILES string of the molecule is CCN(CC)CCOc1ccccc1-c1c(NC(C)(C)CC(C)(C)C)[n+]2ccccc2n1C. The monoisotopic (exact) mass is 451 g/mol. The number of imidazole rings is 1. The van der Waals surface area contributed by atoms with Crippen LogP contribution in [-0.4, -0.2) is 41.2 Å². The second-order valence-corrected chi connectivity index (χ2v) is 10.8. The number of fused-ring (bicyclic) bond motifs is 1. The Bertz CT molecular complexity index is 1060. The largest absolute Gasteiger partial charge is 0.491 e. The highest BCUT2D eigenvalue weighted by atomic mass is 16.5. The zero-order chi connectivity index (χ0) is 24.2. The number of pyridine rings is 1. The number of hydrogen-bond donors (Lipinski definition) is 1. The molecule has 0 fully saturated rings. The summed E-state index contributed by atoms with van der Waals surface area (Å²) in [5, 5.41) is 3.90. The first-order valence-electron chi connectivity index (χ1n) is 12.3. The van der Waals surface area contributed by atoms with Crippen LogP contribution in [0.25, 0.3) is 16.9 Å². The van der Waals surface area contributed by atoms with Crippen molar-refractivity contribution in [3.8, 4) is 17.0 Å². The van der Waals surface area contributed by atoms with Gasteiger partial charge >= 0.3 is 0 Å². The van der Waals surface area contributed by atoms with E-state index >= 15 is 0 Å². The van der Waals surface area contributed by atoms with Gasteiger partial charge in [0, 0.05) is 12.6 Å². The molecule has 0 atom stereocenters. The molecule has 0 unspecified atom stereocenters. The van der Waals surface area contributed by atoms with Gasteiger partial charge < -0.3 is 9.64 Å². The van der Waals surface area contributed by atoms with Crippen molar-refractivity contribution in [2.75, 3.05) is 31.6 Å². The average molecular weight is 452 g/mol. The highest BCUT2D eigenvalue weighted by molar-refractivity contribution is 5.78. The lowest BCUT2D eigenvalue weighted by molar-refractivity contribution is -0.495. The number of likely N-dealkylation sites (N-methyl/N-ethyl adjacent to an activating group) is 1. The zero-order valence-electron chi connectivity index (χ0n) is 21.9. The number of hydrogen-bond acceptors (Lipinski definition) is 3. The summed E-state index contributed by atoms with van der Waals surface area (Å²) < 4.78 is 10.9. The lowest BCUT2D eigenvalue weighted by atomic mass is 9.82. The molecule has 0 aliphatic heterocycles. The molecule has 0 bridgehead atoms. The highest BCUT2D eigenvalue weighted by Gasteiger charge is 2.33. The fraction of sp³-hybridized carbons (Fsp3) is 0.536. The quantitative estimate of drug-likeness (QED) is 0.397. The van der Waals surface area contributed by atoms with E-state index in [1.54, 1.807) is 0 Å². The Morgan fingerprint density at radius 2 is 1.64 bits per heavy atom. The van der Waals surface area contributed by atoms with Crippen LogP contribution in [0, 0.1) is 5.41 Å². The van der Waals surface area contributed by atoms with E-state index in [1.807, 2.05) is 0 Å². The molecule has 0 aliphatic rings. The molecule has 5 nitrogen and oxygen atoms in total. The van der Waals surface area contributed by atoms with Crippen LogP contribution in [0.15, 0.2) is 48.7 Å². The van der Waals surface area contributed by atoms with Crippen molar-refractivity contribution >= 4 is 11.5 Å². The minimum atomic E-state index is -0.0807. The second-order valence-electron chi connectivity index (χ2n) is 10.8. The van der Waals surface area contributed by atoms with Crippen molar-refractivity contribution in [2.45, 2.75) is 60.4 Å². The summed E-state index contributed by atoms with van der Waals surface area (Å²) in [6, 6.07) is 14.8. The standard InChI is InChI=1S/C28H43N4O/c1-9-31(10-2)19-20-33-23-16-12-11-15-22(23)25-26(29-28(6,7)21-27(3,4)5)32-18-14-13-17-24(32)30(25)8/h11-18,29H,9-10,19-21H2,1-8H3/q+1. The lowest BCUT2D eigenvalue weighted by Gasteiger charge is -2.31. The van der Waals surface area contributed by atoms with Gasteiger partial charge in [0.2, 0.25) is 5.65 Å². The lowest BCUT2D eigenvalue weighted by Crippen LogP contribution is -2.39. The summed E-state index contributed by atoms with van der Waals surface area (Å²) in [5.41, 5.74) is 3.53. The van der Waals surface area contributed by atoms with E-state index in [0.717, 1.165) is 54.5 Å². The van der Waals surface area contributed by atoms with Gasteiger partial charge in [-0.25, -0.2) is 4.40 Å². The summed E-state index contributed by atoms with van der Waals surface area (Å²) in [6.07, 6.45) is 3.18. The molecule has 33 heavy (non-hydrogen) atoms. The zero-order valence-corrected chi connectivity index (χ0v) is 21.9. The molecule has 2 aromatic heterocycles. The number of rotatable bonds is 10. The fourth-order valence-electron chi connectivity index (χ4n) is 5.01. The molecular weight excluding hydrogens is 408 g/mol. The Balaban J connectivity index is 2.05. The van der Waals surface area contributed by atoms with Gasteiger partial charge in [0.05, 0.1) is 24.3 Å². The first-order chi connectivity index (χ1) is 15.6. The first kappa shape index (κ1) is 25.1. The molecule has 180 valence electrons. The van der Waals surface area contributed by atoms with E-state index in [1.165, 1.54) is 0 Å². The van der Waals surface area contributed by atoms with Gasteiger partial charge in [-0.05, 0) is 57.0 Å². The number of anilines is 1. The highest BCUT2D eigenvalue weighted by Crippen LogP contribution is 2.37. The number of aryl methyl sites for hydroxylation is 1. The van der Waals surface area contributed by atoms with E-state index in [2.05, 4.69) is 123 Å². The Morgan fingerprint density at radius 1 is 0.970 bits per heavy atom. The van der Waals surface area contributed by atoms with E-state index in [-0.39, 0.29) is 11.0 Å². The molecule has 0 aliphatic carbocycles. The van der Waals surface area contributed by atoms with E-state index < -0.39 is 0 Å². The topological polar surface area (TPSA) is 33.5 Å². The Morgan fingerprint density at radius 3 is 2.30 bits per heavy atom. The van der Waals surface area contributed by atoms with Gasteiger partial charge in [0.15, 0.2) is 5.69 Å². The van der Waals surface area contributed by atoms with Crippen LogP contribution in [0.3, 0.4) is 0 Å². The molecule has 1 N–H and O–H groups in total. The summed E-state index contributed by atoms with van der Waals surface area (Å²) in [7, 11) is 2.14. The number of nitrogens with zero attached hydrogens (tertiary/aromatic N) is 3. The molecule has 3 rings (SSSR count). The maximum Gasteiger partial charge on any atom is 0.267 e. The van der Waals surface area contributed by atoms with E-state index in [9.17, 15) is 0 Å². The van der Waals surface area contributed by atoms with Crippen molar-refractivity contribution in [3.63, 3.8) is 0 Å². The fourth-order valence-corrected chi connectivity index (χ4v) is 5.01. The Kier molecular flexibility index (Phi) is 7.73. The summed E-state index contributed by atoms with van der Waals surface area (Å²) in [5.74, 6) is 2.02. The molecular formula is C28H43N4O+. The minimum Gasteiger partial charge on any atom is -0.491 e. The van der Waals surface area contributed by atoms with Gasteiger partial charge in [-0.3, -0.25) is 9.88 Å². The predicted molar refractivity (Wildman–Crippen MR) is 139 cm³/mol. The number of nitrogens with one attached hydrogen (secondary N) is 1. The van der Waals surface area contributed by atoms with Gasteiger partial charge in [-0.1, -0.05) is 52.8 Å². The predicted octanol–water partition coefficient (Wildman–Crippen LogP) is 5.78. The maximum atomic E-state index is 6.35. The van der Waals surface area contributed by atoms with E-state index in [4.69, 9.17) is 4.74 Å².